The third kappa shape index (κ3) is 2.72. The van der Waals surface area contributed by atoms with Gasteiger partial charge in [-0.1, -0.05) is 67.6 Å². The predicted octanol–water partition coefficient (Wildman–Crippen LogP) is 7.80. The average molecular weight is 427 g/mol. The first-order chi connectivity index (χ1) is 16.3. The fourth-order valence-corrected chi connectivity index (χ4v) is 5.27. The number of benzene rings is 3. The molecule has 0 bridgehead atoms. The summed E-state index contributed by atoms with van der Waals surface area (Å²) in [6.45, 7) is 2.28. The smallest absolute Gasteiger partial charge is 0.146 e. The average Bonchev–Trinajstić information content (AvgIpc) is 3.39. The van der Waals surface area contributed by atoms with Gasteiger partial charge in [-0.3, -0.25) is 4.98 Å². The van der Waals surface area contributed by atoms with Crippen LogP contribution >= 0.6 is 0 Å². The molecular weight excluding hydrogens is 404 g/mol. The van der Waals surface area contributed by atoms with Crippen molar-refractivity contribution in [1.82, 2.24) is 9.55 Å². The lowest BCUT2D eigenvalue weighted by atomic mass is 9.95. The van der Waals surface area contributed by atoms with Crippen LogP contribution in [0.4, 0.5) is 0 Å². The molecule has 1 atom stereocenters. The van der Waals surface area contributed by atoms with Crippen molar-refractivity contribution in [2.24, 2.45) is 5.92 Å². The maximum atomic E-state index is 6.37. The van der Waals surface area contributed by atoms with Crippen LogP contribution in [0.3, 0.4) is 0 Å². The summed E-state index contributed by atoms with van der Waals surface area (Å²) in [5.41, 5.74) is 9.04. The molecule has 33 heavy (non-hydrogen) atoms. The van der Waals surface area contributed by atoms with E-state index in [-0.39, 0.29) is 0 Å². The molecule has 0 N–H and O–H groups in total. The van der Waals surface area contributed by atoms with E-state index in [2.05, 4.69) is 83.2 Å². The quantitative estimate of drug-likeness (QED) is 0.283. The molecule has 158 valence electrons. The molecule has 3 heterocycles. The Bertz CT molecular complexity index is 1700. The van der Waals surface area contributed by atoms with E-state index in [9.17, 15) is 0 Å². The number of hydrogen-bond acceptors (Lipinski definition) is 2. The zero-order valence-corrected chi connectivity index (χ0v) is 18.3. The van der Waals surface area contributed by atoms with Crippen LogP contribution in [0.25, 0.3) is 55.7 Å². The molecule has 0 fully saturated rings. The SMILES string of the molecule is CC1C=Cc2c(n(-c3ccc4oc5c(-c6ccccc6)cncc5c4c3)c3ccccc23)C1. The van der Waals surface area contributed by atoms with E-state index in [0.717, 1.165) is 45.2 Å². The van der Waals surface area contributed by atoms with Gasteiger partial charge in [-0.05, 0) is 42.2 Å². The van der Waals surface area contributed by atoms with Gasteiger partial charge in [0, 0.05) is 51.1 Å². The van der Waals surface area contributed by atoms with Gasteiger partial charge in [0.05, 0.1) is 5.52 Å². The predicted molar refractivity (Wildman–Crippen MR) is 136 cm³/mol. The lowest BCUT2D eigenvalue weighted by Crippen LogP contribution is -2.08. The minimum absolute atomic E-state index is 0.525. The number of nitrogens with zero attached hydrogens (tertiary/aromatic N) is 2. The van der Waals surface area contributed by atoms with Crippen molar-refractivity contribution in [3.63, 3.8) is 0 Å². The summed E-state index contributed by atoms with van der Waals surface area (Å²) in [6.07, 6.45) is 9.47. The fourth-order valence-electron chi connectivity index (χ4n) is 5.27. The van der Waals surface area contributed by atoms with Gasteiger partial charge in [0.15, 0.2) is 0 Å². The van der Waals surface area contributed by atoms with Crippen molar-refractivity contribution in [3.05, 3.63) is 103 Å². The number of pyridine rings is 1. The molecule has 0 amide bonds. The second-order valence-electron chi connectivity index (χ2n) is 8.97. The van der Waals surface area contributed by atoms with E-state index < -0.39 is 0 Å². The molecule has 1 unspecified atom stereocenters. The topological polar surface area (TPSA) is 31.0 Å². The summed E-state index contributed by atoms with van der Waals surface area (Å²) >= 11 is 0. The van der Waals surface area contributed by atoms with Gasteiger partial charge in [-0.15, -0.1) is 0 Å². The van der Waals surface area contributed by atoms with Gasteiger partial charge >= 0.3 is 0 Å². The van der Waals surface area contributed by atoms with Crippen LogP contribution in [0.1, 0.15) is 18.2 Å². The van der Waals surface area contributed by atoms with E-state index >= 15 is 0 Å². The normalized spacial score (nSPS) is 15.5. The highest BCUT2D eigenvalue weighted by molar-refractivity contribution is 6.09. The highest BCUT2D eigenvalue weighted by Gasteiger charge is 2.21. The van der Waals surface area contributed by atoms with Gasteiger partial charge in [0.1, 0.15) is 11.2 Å². The zero-order chi connectivity index (χ0) is 21.9. The first-order valence-corrected chi connectivity index (χ1v) is 11.4. The van der Waals surface area contributed by atoms with E-state index in [4.69, 9.17) is 4.42 Å². The van der Waals surface area contributed by atoms with Crippen LogP contribution in [-0.4, -0.2) is 9.55 Å². The molecule has 0 radical (unpaired) electrons. The molecule has 3 nitrogen and oxygen atoms in total. The number of allylic oxidation sites excluding steroid dienone is 1. The molecule has 7 rings (SSSR count). The number of fused-ring (bicyclic) bond motifs is 6. The van der Waals surface area contributed by atoms with Crippen LogP contribution in [0, 0.1) is 5.92 Å². The fraction of sp³-hybridized carbons (Fsp3) is 0.100. The Labute approximate surface area is 191 Å². The largest absolute Gasteiger partial charge is 0.455 e. The monoisotopic (exact) mass is 426 g/mol. The Morgan fingerprint density at radius 2 is 1.73 bits per heavy atom. The van der Waals surface area contributed by atoms with Crippen molar-refractivity contribution in [3.8, 4) is 16.8 Å². The van der Waals surface area contributed by atoms with Crippen LogP contribution in [0.15, 0.2) is 95.7 Å². The first kappa shape index (κ1) is 18.5. The molecule has 6 aromatic rings. The molecular formula is C30H22N2O. The Morgan fingerprint density at radius 1 is 0.879 bits per heavy atom. The minimum atomic E-state index is 0.525. The molecule has 3 aromatic carbocycles. The number of hydrogen-bond donors (Lipinski definition) is 0. The minimum Gasteiger partial charge on any atom is -0.455 e. The van der Waals surface area contributed by atoms with Gasteiger partial charge < -0.3 is 8.98 Å². The van der Waals surface area contributed by atoms with Crippen LogP contribution in [0.5, 0.6) is 0 Å². The molecule has 3 aromatic heterocycles. The summed E-state index contributed by atoms with van der Waals surface area (Å²) in [6, 6.07) is 25.6. The maximum Gasteiger partial charge on any atom is 0.146 e. The third-order valence-corrected chi connectivity index (χ3v) is 6.83. The summed E-state index contributed by atoms with van der Waals surface area (Å²) in [5.74, 6) is 0.525. The van der Waals surface area contributed by atoms with Gasteiger partial charge in [-0.25, -0.2) is 0 Å². The second kappa shape index (κ2) is 6.94. The lowest BCUT2D eigenvalue weighted by Gasteiger charge is -2.17. The highest BCUT2D eigenvalue weighted by atomic mass is 16.3. The Balaban J connectivity index is 1.50. The third-order valence-electron chi connectivity index (χ3n) is 6.83. The molecule has 1 aliphatic carbocycles. The molecule has 0 saturated heterocycles. The number of aromatic nitrogens is 2. The molecule has 0 saturated carbocycles. The number of rotatable bonds is 2. The molecule has 3 heteroatoms. The second-order valence-corrected chi connectivity index (χ2v) is 8.97. The van der Waals surface area contributed by atoms with E-state index in [1.165, 1.54) is 22.2 Å². The Hall–Kier alpha value is -4.11. The van der Waals surface area contributed by atoms with E-state index in [1.807, 2.05) is 30.6 Å². The van der Waals surface area contributed by atoms with Gasteiger partial charge in [0.2, 0.25) is 0 Å². The van der Waals surface area contributed by atoms with Crippen molar-refractivity contribution in [2.45, 2.75) is 13.3 Å². The van der Waals surface area contributed by atoms with Crippen LogP contribution in [-0.2, 0) is 6.42 Å². The van der Waals surface area contributed by atoms with Gasteiger partial charge in [-0.2, -0.15) is 0 Å². The highest BCUT2D eigenvalue weighted by Crippen LogP contribution is 2.39. The first-order valence-electron chi connectivity index (χ1n) is 11.4. The Kier molecular flexibility index (Phi) is 3.88. The lowest BCUT2D eigenvalue weighted by molar-refractivity contribution is 0.669. The Morgan fingerprint density at radius 3 is 2.64 bits per heavy atom. The summed E-state index contributed by atoms with van der Waals surface area (Å²) < 4.78 is 8.80. The van der Waals surface area contributed by atoms with Crippen molar-refractivity contribution >= 4 is 38.9 Å². The molecule has 0 aliphatic heterocycles. The number of furan rings is 1. The van der Waals surface area contributed by atoms with Crippen molar-refractivity contribution in [1.29, 1.82) is 0 Å². The summed E-state index contributed by atoms with van der Waals surface area (Å²) in [7, 11) is 0. The summed E-state index contributed by atoms with van der Waals surface area (Å²) in [4.78, 5) is 4.56. The van der Waals surface area contributed by atoms with Crippen LogP contribution < -0.4 is 0 Å². The number of para-hydroxylation sites is 1. The maximum absolute atomic E-state index is 6.37. The van der Waals surface area contributed by atoms with Crippen molar-refractivity contribution in [2.75, 3.05) is 0 Å². The zero-order valence-electron chi connectivity index (χ0n) is 18.3. The van der Waals surface area contributed by atoms with E-state index in [0.29, 0.717) is 5.92 Å². The van der Waals surface area contributed by atoms with Crippen molar-refractivity contribution < 1.29 is 4.42 Å². The summed E-state index contributed by atoms with van der Waals surface area (Å²) in [5, 5.41) is 3.45. The van der Waals surface area contributed by atoms with Crippen LogP contribution in [0.2, 0.25) is 0 Å². The van der Waals surface area contributed by atoms with Gasteiger partial charge in [0.25, 0.3) is 0 Å². The standard InChI is InChI=1S/C30H22N2O/c1-19-11-13-23-22-9-5-6-10-27(22)32(28(23)15-19)21-12-14-29-24(16-21)26-18-31-17-25(30(26)33-29)20-7-3-2-4-8-20/h2-14,16-19H,15H2,1H3. The molecule has 0 spiro atoms. The molecule has 1 aliphatic rings. The van der Waals surface area contributed by atoms with E-state index in [1.54, 1.807) is 0 Å².